The molecule has 0 bridgehead atoms. The minimum atomic E-state index is -0.668. The molecule has 0 spiro atoms. The van der Waals surface area contributed by atoms with Crippen molar-refractivity contribution in [1.82, 2.24) is 21.4 Å². The fraction of sp³-hybridized carbons (Fsp3) is 0.414. The van der Waals surface area contributed by atoms with E-state index in [9.17, 15) is 9.59 Å². The summed E-state index contributed by atoms with van der Waals surface area (Å²) >= 11 is 0. The third kappa shape index (κ3) is 15.2. The summed E-state index contributed by atoms with van der Waals surface area (Å²) in [7, 11) is 1.69. The molecule has 212 valence electrons. The molecule has 0 aliphatic rings. The molecule has 2 aromatic carbocycles. The lowest BCUT2D eigenvalue weighted by atomic mass is 10.1. The topological polar surface area (TPSA) is 138 Å². The van der Waals surface area contributed by atoms with Crippen LogP contribution in [0, 0.1) is 11.8 Å². The molecule has 2 rings (SSSR count). The lowest BCUT2D eigenvalue weighted by molar-refractivity contribution is -0.116. The number of hydrogen-bond acceptors (Lipinski definition) is 7. The van der Waals surface area contributed by atoms with Gasteiger partial charge in [0.25, 0.3) is 5.91 Å². The Labute approximate surface area is 230 Å². The first-order valence-electron chi connectivity index (χ1n) is 12.4. The van der Waals surface area contributed by atoms with Crippen LogP contribution in [0.25, 0.3) is 0 Å². The second-order valence-electron chi connectivity index (χ2n) is 10.1. The van der Waals surface area contributed by atoms with Gasteiger partial charge >= 0.3 is 6.09 Å². The van der Waals surface area contributed by atoms with Crippen LogP contribution >= 0.6 is 0 Å². The Hall–Kier alpha value is -3.91. The molecule has 5 N–H and O–H groups in total. The minimum Gasteiger partial charge on any atom is -0.444 e. The highest BCUT2D eigenvalue weighted by molar-refractivity contribution is 5.94. The predicted octanol–water partition coefficient (Wildman–Crippen LogP) is 2.98. The maximum absolute atomic E-state index is 12.5. The zero-order valence-electron chi connectivity index (χ0n) is 23.5. The Bertz CT molecular complexity index is 1100. The van der Waals surface area contributed by atoms with Crippen LogP contribution in [0.1, 0.15) is 61.7 Å². The lowest BCUT2D eigenvalue weighted by Crippen LogP contribution is -2.52. The van der Waals surface area contributed by atoms with Gasteiger partial charge < -0.3 is 25.4 Å². The van der Waals surface area contributed by atoms with E-state index in [1.54, 1.807) is 40.0 Å². The van der Waals surface area contributed by atoms with E-state index in [0.29, 0.717) is 12.2 Å². The summed E-state index contributed by atoms with van der Waals surface area (Å²) in [6, 6.07) is 15.2. The van der Waals surface area contributed by atoms with Gasteiger partial charge in [-0.1, -0.05) is 24.0 Å². The molecule has 0 unspecified atom stereocenters. The van der Waals surface area contributed by atoms with E-state index < -0.39 is 17.2 Å². The fourth-order valence-electron chi connectivity index (χ4n) is 2.99. The number of alkyl carbamates (subject to hydrolysis) is 1. The molecule has 0 saturated heterocycles. The van der Waals surface area contributed by atoms with Gasteiger partial charge in [-0.25, -0.2) is 10.3 Å². The summed E-state index contributed by atoms with van der Waals surface area (Å²) in [5.41, 5.74) is 3.45. The molecule has 0 fully saturated rings. The quantitative estimate of drug-likeness (QED) is 0.103. The van der Waals surface area contributed by atoms with Crippen LogP contribution in [0.15, 0.2) is 48.5 Å². The van der Waals surface area contributed by atoms with E-state index in [0.717, 1.165) is 24.2 Å². The normalized spacial score (nSPS) is 10.6. The molecule has 0 aliphatic carbocycles. The highest BCUT2D eigenvalue weighted by atomic mass is 16.6. The Morgan fingerprint density at radius 2 is 1.49 bits per heavy atom. The average Bonchev–Trinajstić information content (AvgIpc) is 2.88. The zero-order valence-corrected chi connectivity index (χ0v) is 23.5. The largest absolute Gasteiger partial charge is 0.444 e. The first kappa shape index (κ1) is 33.1. The molecule has 3 amide bonds. The van der Waals surface area contributed by atoms with Crippen molar-refractivity contribution in [3.8, 4) is 11.8 Å². The van der Waals surface area contributed by atoms with Gasteiger partial charge in [0.1, 0.15) is 5.60 Å². The molecule has 10 nitrogen and oxygen atoms in total. The standard InChI is InChI=1S/C28H37N3O4.CH3NO2/c1-27(2,3)35-26(33)31-28(4,5)20-30-25(32)24-15-13-22(14-16-24)8-7-21-9-11-23(12-10-21)19-29-17-18-34-6;3-1-2-4/h9-16,29H,17-20H2,1-6H3,(H,30,32)(H,31,33);1,4H,(H,2,3). The molecule has 10 heteroatoms. The number of hydroxylamine groups is 1. The molecule has 0 aliphatic heterocycles. The van der Waals surface area contributed by atoms with Crippen LogP contribution in [-0.4, -0.2) is 61.6 Å². The fourth-order valence-corrected chi connectivity index (χ4v) is 2.99. The van der Waals surface area contributed by atoms with Crippen molar-refractivity contribution in [2.45, 2.75) is 52.3 Å². The second kappa shape index (κ2) is 16.8. The number of carbonyl (C=O) groups is 3. The summed E-state index contributed by atoms with van der Waals surface area (Å²) in [6.45, 7) is 11.6. The van der Waals surface area contributed by atoms with Crippen LogP contribution in [0.2, 0.25) is 0 Å². The van der Waals surface area contributed by atoms with Gasteiger partial charge in [0.2, 0.25) is 6.41 Å². The monoisotopic (exact) mass is 540 g/mol. The second-order valence-corrected chi connectivity index (χ2v) is 10.1. The molecule has 0 atom stereocenters. The summed E-state index contributed by atoms with van der Waals surface area (Å²) in [4.78, 5) is 33.4. The third-order valence-corrected chi connectivity index (χ3v) is 4.85. The van der Waals surface area contributed by atoms with Gasteiger partial charge in [-0.05, 0) is 76.6 Å². The van der Waals surface area contributed by atoms with Gasteiger partial charge in [0.15, 0.2) is 0 Å². The molecule has 2 aromatic rings. The zero-order chi connectivity index (χ0) is 29.3. The number of amides is 3. The number of carbonyl (C=O) groups excluding carboxylic acids is 3. The Morgan fingerprint density at radius 1 is 0.949 bits per heavy atom. The van der Waals surface area contributed by atoms with E-state index in [1.165, 1.54) is 11.0 Å². The van der Waals surface area contributed by atoms with Gasteiger partial charge in [0, 0.05) is 43.4 Å². The summed E-state index contributed by atoms with van der Waals surface area (Å²) in [6.07, 6.45) is -0.340. The van der Waals surface area contributed by atoms with Gasteiger partial charge in [-0.15, -0.1) is 0 Å². The maximum atomic E-state index is 12.5. The average molecular weight is 541 g/mol. The van der Waals surface area contributed by atoms with Crippen LogP contribution in [0.3, 0.4) is 0 Å². The van der Waals surface area contributed by atoms with Crippen molar-refractivity contribution >= 4 is 18.4 Å². The highest BCUT2D eigenvalue weighted by Crippen LogP contribution is 2.10. The first-order valence-corrected chi connectivity index (χ1v) is 12.4. The molecular formula is C29H40N4O6. The SMILES string of the molecule is COCCNCc1ccc(C#Cc2ccc(C(=O)NCC(C)(C)NC(=O)OC(C)(C)C)cc2)cc1.O=CNO. The van der Waals surface area contributed by atoms with Crippen molar-refractivity contribution in [3.63, 3.8) is 0 Å². The van der Waals surface area contributed by atoms with Gasteiger partial charge in [-0.2, -0.15) is 0 Å². The lowest BCUT2D eigenvalue weighted by Gasteiger charge is -2.28. The Kier molecular flexibility index (Phi) is 14.3. The van der Waals surface area contributed by atoms with Crippen molar-refractivity contribution in [2.75, 3.05) is 26.8 Å². The van der Waals surface area contributed by atoms with E-state index >= 15 is 0 Å². The van der Waals surface area contributed by atoms with Crippen molar-refractivity contribution in [2.24, 2.45) is 0 Å². The van der Waals surface area contributed by atoms with E-state index in [4.69, 9.17) is 19.5 Å². The molecule has 0 heterocycles. The van der Waals surface area contributed by atoms with Crippen molar-refractivity contribution in [3.05, 3.63) is 70.8 Å². The number of hydrogen-bond donors (Lipinski definition) is 5. The van der Waals surface area contributed by atoms with Crippen LogP contribution in [0.5, 0.6) is 0 Å². The first-order chi connectivity index (χ1) is 18.4. The molecular weight excluding hydrogens is 500 g/mol. The molecule has 0 radical (unpaired) electrons. The molecule has 0 aromatic heterocycles. The Balaban J connectivity index is 0.00000177. The molecule has 0 saturated carbocycles. The van der Waals surface area contributed by atoms with E-state index in [-0.39, 0.29) is 18.9 Å². The number of ether oxygens (including phenoxy) is 2. The minimum absolute atomic E-state index is 0.181. The summed E-state index contributed by atoms with van der Waals surface area (Å²) in [5, 5.41) is 16.2. The van der Waals surface area contributed by atoms with E-state index in [1.807, 2.05) is 38.1 Å². The van der Waals surface area contributed by atoms with Crippen molar-refractivity contribution in [1.29, 1.82) is 0 Å². The predicted molar refractivity (Wildman–Crippen MR) is 149 cm³/mol. The number of rotatable bonds is 10. The highest BCUT2D eigenvalue weighted by Gasteiger charge is 2.25. The maximum Gasteiger partial charge on any atom is 0.408 e. The van der Waals surface area contributed by atoms with Gasteiger partial charge in [-0.3, -0.25) is 14.8 Å². The van der Waals surface area contributed by atoms with Crippen molar-refractivity contribution < 1.29 is 29.1 Å². The summed E-state index contributed by atoms with van der Waals surface area (Å²) < 4.78 is 10.3. The Morgan fingerprint density at radius 3 is 1.97 bits per heavy atom. The summed E-state index contributed by atoms with van der Waals surface area (Å²) in [5.74, 6) is 6.05. The van der Waals surface area contributed by atoms with Crippen LogP contribution in [-0.2, 0) is 20.8 Å². The van der Waals surface area contributed by atoms with E-state index in [2.05, 4.69) is 39.9 Å². The van der Waals surface area contributed by atoms with Crippen LogP contribution < -0.4 is 21.4 Å². The number of benzene rings is 2. The third-order valence-electron chi connectivity index (χ3n) is 4.85. The smallest absolute Gasteiger partial charge is 0.408 e. The van der Waals surface area contributed by atoms with Crippen LogP contribution in [0.4, 0.5) is 4.79 Å². The number of nitrogens with one attached hydrogen (secondary N) is 4. The van der Waals surface area contributed by atoms with Gasteiger partial charge in [0.05, 0.1) is 12.1 Å². The molecule has 39 heavy (non-hydrogen) atoms. The number of methoxy groups -OCH3 is 1.